The van der Waals surface area contributed by atoms with E-state index >= 15 is 0 Å². The molecule has 0 bridgehead atoms. The highest BCUT2D eigenvalue weighted by atomic mass is 35.5. The van der Waals surface area contributed by atoms with Gasteiger partial charge in [0.1, 0.15) is 0 Å². The van der Waals surface area contributed by atoms with Crippen LogP contribution >= 0.6 is 11.8 Å². The Morgan fingerprint density at radius 3 is 1.32 bits per heavy atom. The van der Waals surface area contributed by atoms with Crippen molar-refractivity contribution in [2.24, 2.45) is 11.8 Å². The van der Waals surface area contributed by atoms with Crippen LogP contribution in [-0.2, 0) is 0 Å². The van der Waals surface area contributed by atoms with E-state index in [2.05, 4.69) is 32.1 Å². The highest BCUT2D eigenvalue weighted by molar-refractivity contribution is 6.13. The molecule has 0 saturated carbocycles. The van der Waals surface area contributed by atoms with Gasteiger partial charge in [-0.1, -0.05) is 79.1 Å². The number of hydrogen-bond acceptors (Lipinski definition) is 1. The second-order valence-electron chi connectivity index (χ2n) is 7.13. The minimum atomic E-state index is 0.798. The molecular formula is C20H42ClN. The molecule has 134 valence electrons. The SMILES string of the molecule is CCCCCC(CCC)CN(Cl)CC(CCC)CCCCC. The lowest BCUT2D eigenvalue weighted by Crippen LogP contribution is -2.27. The first-order chi connectivity index (χ1) is 10.7. The van der Waals surface area contributed by atoms with Gasteiger partial charge in [0, 0.05) is 13.1 Å². The molecule has 2 atom stereocenters. The van der Waals surface area contributed by atoms with Crippen LogP contribution in [0.1, 0.15) is 105 Å². The van der Waals surface area contributed by atoms with Crippen molar-refractivity contribution in [3.05, 3.63) is 0 Å². The summed E-state index contributed by atoms with van der Waals surface area (Å²) in [6.07, 6.45) is 16.1. The molecule has 2 heteroatoms. The molecule has 1 nitrogen and oxygen atoms in total. The van der Waals surface area contributed by atoms with Crippen LogP contribution in [0.4, 0.5) is 0 Å². The molecule has 0 radical (unpaired) electrons. The molecule has 0 rings (SSSR count). The Kier molecular flexibility index (Phi) is 16.3. The Labute approximate surface area is 146 Å². The van der Waals surface area contributed by atoms with E-state index in [1.165, 1.54) is 77.0 Å². The zero-order valence-corrected chi connectivity index (χ0v) is 16.6. The fraction of sp³-hybridized carbons (Fsp3) is 1.00. The van der Waals surface area contributed by atoms with Crippen molar-refractivity contribution < 1.29 is 0 Å². The first-order valence-electron chi connectivity index (χ1n) is 10.1. The van der Waals surface area contributed by atoms with E-state index in [0.29, 0.717) is 0 Å². The minimum absolute atomic E-state index is 0.798. The van der Waals surface area contributed by atoms with Crippen LogP contribution in [0, 0.1) is 11.8 Å². The predicted molar refractivity (Wildman–Crippen MR) is 103 cm³/mol. The van der Waals surface area contributed by atoms with Gasteiger partial charge >= 0.3 is 0 Å². The molecule has 0 spiro atoms. The van der Waals surface area contributed by atoms with Gasteiger partial charge in [-0.05, 0) is 49.3 Å². The second kappa shape index (κ2) is 16.1. The fourth-order valence-corrected chi connectivity index (χ4v) is 3.86. The molecule has 0 heterocycles. The van der Waals surface area contributed by atoms with Crippen LogP contribution in [0.2, 0.25) is 0 Å². The molecule has 22 heavy (non-hydrogen) atoms. The largest absolute Gasteiger partial charge is 0.220 e. The first kappa shape index (κ1) is 22.2. The van der Waals surface area contributed by atoms with Crippen molar-refractivity contribution >= 4 is 11.8 Å². The third-order valence-corrected chi connectivity index (χ3v) is 5.01. The lowest BCUT2D eigenvalue weighted by molar-refractivity contribution is 0.269. The van der Waals surface area contributed by atoms with Crippen LogP contribution in [0.3, 0.4) is 0 Å². The fourth-order valence-electron chi connectivity index (χ4n) is 3.47. The summed E-state index contributed by atoms with van der Waals surface area (Å²) in [5.41, 5.74) is 0. The van der Waals surface area contributed by atoms with E-state index < -0.39 is 0 Å². The summed E-state index contributed by atoms with van der Waals surface area (Å²) < 4.78 is 2.12. The normalized spacial score (nSPS) is 14.5. The second-order valence-corrected chi connectivity index (χ2v) is 7.61. The monoisotopic (exact) mass is 331 g/mol. The lowest BCUT2D eigenvalue weighted by atomic mass is 9.94. The quantitative estimate of drug-likeness (QED) is 0.210. The van der Waals surface area contributed by atoms with Crippen LogP contribution in [0.15, 0.2) is 0 Å². The zero-order chi connectivity index (χ0) is 16.6. The van der Waals surface area contributed by atoms with Crippen molar-refractivity contribution in [3.8, 4) is 0 Å². The lowest BCUT2D eigenvalue weighted by Gasteiger charge is -2.26. The summed E-state index contributed by atoms with van der Waals surface area (Å²) in [6, 6.07) is 0. The van der Waals surface area contributed by atoms with Gasteiger partial charge in [-0.2, -0.15) is 0 Å². The van der Waals surface area contributed by atoms with E-state index in [-0.39, 0.29) is 0 Å². The van der Waals surface area contributed by atoms with Gasteiger partial charge in [-0.3, -0.25) is 0 Å². The molecule has 0 aliphatic rings. The summed E-state index contributed by atoms with van der Waals surface area (Å²) in [6.45, 7) is 11.4. The van der Waals surface area contributed by atoms with Gasteiger partial charge in [0.05, 0.1) is 0 Å². The average molecular weight is 332 g/mol. The van der Waals surface area contributed by atoms with Gasteiger partial charge in [-0.25, -0.2) is 4.42 Å². The third-order valence-electron chi connectivity index (χ3n) is 4.74. The van der Waals surface area contributed by atoms with Crippen molar-refractivity contribution in [2.75, 3.05) is 13.1 Å². The van der Waals surface area contributed by atoms with Gasteiger partial charge in [0.25, 0.3) is 0 Å². The van der Waals surface area contributed by atoms with Crippen LogP contribution < -0.4 is 0 Å². The van der Waals surface area contributed by atoms with E-state index in [4.69, 9.17) is 11.8 Å². The maximum absolute atomic E-state index is 6.60. The Morgan fingerprint density at radius 1 is 0.591 bits per heavy atom. The molecular weight excluding hydrogens is 290 g/mol. The van der Waals surface area contributed by atoms with Gasteiger partial charge in [0.15, 0.2) is 0 Å². The van der Waals surface area contributed by atoms with Gasteiger partial charge in [-0.15, -0.1) is 0 Å². The molecule has 0 aliphatic carbocycles. The van der Waals surface area contributed by atoms with E-state index in [0.717, 1.165) is 24.9 Å². The van der Waals surface area contributed by atoms with Crippen LogP contribution in [0.5, 0.6) is 0 Å². The highest BCUT2D eigenvalue weighted by Gasteiger charge is 2.16. The summed E-state index contributed by atoms with van der Waals surface area (Å²) in [5.74, 6) is 1.60. The van der Waals surface area contributed by atoms with E-state index in [1.54, 1.807) is 0 Å². The summed E-state index contributed by atoms with van der Waals surface area (Å²) in [7, 11) is 0. The molecule has 0 saturated heterocycles. The Bertz CT molecular complexity index is 198. The van der Waals surface area contributed by atoms with Crippen molar-refractivity contribution in [2.45, 2.75) is 105 Å². The Balaban J connectivity index is 4.15. The van der Waals surface area contributed by atoms with Gasteiger partial charge < -0.3 is 0 Å². The average Bonchev–Trinajstić information content (AvgIpc) is 2.48. The maximum Gasteiger partial charge on any atom is 0.0167 e. The highest BCUT2D eigenvalue weighted by Crippen LogP contribution is 2.22. The predicted octanol–water partition coefficient (Wildman–Crippen LogP) is 7.44. The molecule has 0 N–H and O–H groups in total. The Hall–Kier alpha value is 0.250. The number of halogens is 1. The summed E-state index contributed by atoms with van der Waals surface area (Å²) in [4.78, 5) is 0. The van der Waals surface area contributed by atoms with E-state index in [1.807, 2.05) is 0 Å². The smallest absolute Gasteiger partial charge is 0.0167 e. The minimum Gasteiger partial charge on any atom is -0.220 e. The van der Waals surface area contributed by atoms with Crippen molar-refractivity contribution in [1.29, 1.82) is 0 Å². The third kappa shape index (κ3) is 12.8. The molecule has 0 amide bonds. The van der Waals surface area contributed by atoms with Crippen LogP contribution in [-0.4, -0.2) is 17.5 Å². The molecule has 0 aliphatic heterocycles. The maximum atomic E-state index is 6.60. The standard InChI is InChI=1S/C20H42ClN/c1-5-9-11-15-19(13-7-3)17-22(21)18-20(14-8-4)16-12-10-6-2/h19-20H,5-18H2,1-4H3. The topological polar surface area (TPSA) is 3.24 Å². The van der Waals surface area contributed by atoms with E-state index in [9.17, 15) is 0 Å². The number of unbranched alkanes of at least 4 members (excludes halogenated alkanes) is 4. The molecule has 0 aromatic rings. The molecule has 0 aromatic carbocycles. The van der Waals surface area contributed by atoms with Crippen molar-refractivity contribution in [1.82, 2.24) is 4.42 Å². The first-order valence-corrected chi connectivity index (χ1v) is 10.4. The number of nitrogens with zero attached hydrogens (tertiary/aromatic N) is 1. The summed E-state index contributed by atoms with van der Waals surface area (Å²) >= 11 is 6.60. The van der Waals surface area contributed by atoms with Crippen molar-refractivity contribution in [3.63, 3.8) is 0 Å². The number of rotatable bonds is 16. The molecule has 2 unspecified atom stereocenters. The number of hydrogen-bond donors (Lipinski definition) is 0. The zero-order valence-electron chi connectivity index (χ0n) is 15.9. The summed E-state index contributed by atoms with van der Waals surface area (Å²) in [5, 5.41) is 0. The molecule has 0 fully saturated rings. The van der Waals surface area contributed by atoms with Gasteiger partial charge in [0.2, 0.25) is 0 Å². The molecule has 0 aromatic heterocycles. The van der Waals surface area contributed by atoms with Crippen LogP contribution in [0.25, 0.3) is 0 Å². The Morgan fingerprint density at radius 2 is 1.00 bits per heavy atom.